The number of nitrogens with one attached hydrogen (secondary N) is 2. The highest BCUT2D eigenvalue weighted by molar-refractivity contribution is 7.90. The lowest BCUT2D eigenvalue weighted by molar-refractivity contribution is 0.249. The van der Waals surface area contributed by atoms with E-state index in [1.54, 1.807) is 24.3 Å². The van der Waals surface area contributed by atoms with E-state index in [2.05, 4.69) is 22.6 Å². The summed E-state index contributed by atoms with van der Waals surface area (Å²) in [7, 11) is -1.46. The molecule has 184 valence electrons. The maximum absolute atomic E-state index is 13.0. The number of benzene rings is 4. The molecular formula is C29H29N3O3S. The average Bonchev–Trinajstić information content (AvgIpc) is 3.23. The summed E-state index contributed by atoms with van der Waals surface area (Å²) >= 11 is 0. The van der Waals surface area contributed by atoms with E-state index in [0.29, 0.717) is 5.69 Å². The monoisotopic (exact) mass is 499 g/mol. The van der Waals surface area contributed by atoms with Crippen molar-refractivity contribution in [2.45, 2.75) is 36.7 Å². The maximum atomic E-state index is 13.0. The molecule has 5 rings (SSSR count). The van der Waals surface area contributed by atoms with Crippen LogP contribution in [0.15, 0.2) is 89.8 Å². The predicted molar refractivity (Wildman–Crippen MR) is 143 cm³/mol. The third kappa shape index (κ3) is 5.12. The average molecular weight is 500 g/mol. The van der Waals surface area contributed by atoms with Crippen LogP contribution in [0.4, 0.5) is 10.5 Å². The van der Waals surface area contributed by atoms with E-state index in [4.69, 9.17) is 0 Å². The van der Waals surface area contributed by atoms with Crippen molar-refractivity contribution in [3.8, 4) is 0 Å². The second kappa shape index (κ2) is 9.76. The molecule has 2 amide bonds. The molecule has 0 fully saturated rings. The molecule has 2 N–H and O–H groups in total. The van der Waals surface area contributed by atoms with Crippen molar-refractivity contribution in [2.24, 2.45) is 0 Å². The highest BCUT2D eigenvalue weighted by Crippen LogP contribution is 2.26. The SMILES string of the molecule is CC(NC(=O)Nc1ccc(S(=O)(=O)Cc2ccc3c(c2)CN(C)C3)cc1)c1cccc2ccccc12. The number of amides is 2. The lowest BCUT2D eigenvalue weighted by Crippen LogP contribution is -2.31. The number of nitrogens with zero attached hydrogens (tertiary/aromatic N) is 1. The number of anilines is 1. The van der Waals surface area contributed by atoms with Crippen LogP contribution in [-0.4, -0.2) is 26.4 Å². The zero-order chi connectivity index (χ0) is 25.3. The Morgan fingerprint density at radius 2 is 1.64 bits per heavy atom. The molecule has 0 aromatic heterocycles. The van der Waals surface area contributed by atoms with Gasteiger partial charge in [0, 0.05) is 18.8 Å². The van der Waals surface area contributed by atoms with Gasteiger partial charge in [-0.15, -0.1) is 0 Å². The topological polar surface area (TPSA) is 78.5 Å². The zero-order valence-corrected chi connectivity index (χ0v) is 21.2. The second-order valence-corrected chi connectivity index (χ2v) is 11.4. The quantitative estimate of drug-likeness (QED) is 0.360. The van der Waals surface area contributed by atoms with Gasteiger partial charge in [0.1, 0.15) is 0 Å². The van der Waals surface area contributed by atoms with E-state index in [1.807, 2.05) is 67.6 Å². The summed E-state index contributed by atoms with van der Waals surface area (Å²) in [6, 6.07) is 25.8. The van der Waals surface area contributed by atoms with Crippen LogP contribution in [0.1, 0.15) is 35.2 Å². The first-order valence-electron chi connectivity index (χ1n) is 12.0. The smallest absolute Gasteiger partial charge is 0.319 e. The minimum absolute atomic E-state index is 0.0558. The van der Waals surface area contributed by atoms with Crippen LogP contribution in [0.2, 0.25) is 0 Å². The van der Waals surface area contributed by atoms with Crippen LogP contribution in [0, 0.1) is 0 Å². The summed E-state index contributed by atoms with van der Waals surface area (Å²) in [6.07, 6.45) is 0. The fourth-order valence-electron chi connectivity index (χ4n) is 4.83. The van der Waals surface area contributed by atoms with Crippen molar-refractivity contribution in [3.05, 3.63) is 107 Å². The first-order chi connectivity index (χ1) is 17.3. The number of fused-ring (bicyclic) bond motifs is 2. The summed E-state index contributed by atoms with van der Waals surface area (Å²) in [6.45, 7) is 3.67. The normalized spacial score (nSPS) is 14.4. The van der Waals surface area contributed by atoms with E-state index in [-0.39, 0.29) is 22.7 Å². The Balaban J connectivity index is 1.23. The lowest BCUT2D eigenvalue weighted by atomic mass is 10.00. The molecule has 6 nitrogen and oxygen atoms in total. The first kappa shape index (κ1) is 24.0. The molecule has 1 atom stereocenters. The van der Waals surface area contributed by atoms with E-state index in [9.17, 15) is 13.2 Å². The Hall–Kier alpha value is -3.68. The molecule has 1 unspecified atom stereocenters. The van der Waals surface area contributed by atoms with Gasteiger partial charge in [-0.2, -0.15) is 0 Å². The number of urea groups is 1. The third-order valence-electron chi connectivity index (χ3n) is 6.62. The zero-order valence-electron chi connectivity index (χ0n) is 20.4. The molecule has 0 spiro atoms. The van der Waals surface area contributed by atoms with E-state index in [0.717, 1.165) is 35.0 Å². The van der Waals surface area contributed by atoms with Gasteiger partial charge >= 0.3 is 6.03 Å². The Morgan fingerprint density at radius 3 is 2.44 bits per heavy atom. The van der Waals surface area contributed by atoms with Gasteiger partial charge in [-0.25, -0.2) is 13.2 Å². The van der Waals surface area contributed by atoms with Crippen molar-refractivity contribution in [1.29, 1.82) is 0 Å². The molecule has 0 aliphatic carbocycles. The molecule has 1 aliphatic heterocycles. The Labute approximate surface area is 211 Å². The molecule has 1 aliphatic rings. The number of rotatable bonds is 6. The van der Waals surface area contributed by atoms with Crippen molar-refractivity contribution in [2.75, 3.05) is 12.4 Å². The number of sulfone groups is 1. The highest BCUT2D eigenvalue weighted by atomic mass is 32.2. The summed E-state index contributed by atoms with van der Waals surface area (Å²) in [5.74, 6) is -0.0558. The van der Waals surface area contributed by atoms with Crippen molar-refractivity contribution < 1.29 is 13.2 Å². The Morgan fingerprint density at radius 1 is 0.917 bits per heavy atom. The fourth-order valence-corrected chi connectivity index (χ4v) is 6.16. The Kier molecular flexibility index (Phi) is 6.51. The number of carbonyl (C=O) groups excluding carboxylic acids is 1. The van der Waals surface area contributed by atoms with Crippen LogP contribution < -0.4 is 10.6 Å². The number of carbonyl (C=O) groups is 1. The van der Waals surface area contributed by atoms with E-state index in [1.165, 1.54) is 11.1 Å². The van der Waals surface area contributed by atoms with Crippen LogP contribution in [0.5, 0.6) is 0 Å². The maximum Gasteiger partial charge on any atom is 0.319 e. The van der Waals surface area contributed by atoms with Gasteiger partial charge in [0.25, 0.3) is 0 Å². The largest absolute Gasteiger partial charge is 0.331 e. The predicted octanol–water partition coefficient (Wildman–Crippen LogP) is 5.64. The molecule has 7 heteroatoms. The minimum Gasteiger partial charge on any atom is -0.331 e. The van der Waals surface area contributed by atoms with E-state index < -0.39 is 9.84 Å². The van der Waals surface area contributed by atoms with Crippen LogP contribution in [0.25, 0.3) is 10.8 Å². The summed E-state index contributed by atoms with van der Waals surface area (Å²) < 4.78 is 26.0. The lowest BCUT2D eigenvalue weighted by Gasteiger charge is -2.17. The van der Waals surface area contributed by atoms with Gasteiger partial charge in [-0.3, -0.25) is 4.90 Å². The van der Waals surface area contributed by atoms with Gasteiger partial charge in [-0.1, -0.05) is 60.7 Å². The summed E-state index contributed by atoms with van der Waals surface area (Å²) in [5, 5.41) is 7.98. The van der Waals surface area contributed by atoms with Gasteiger partial charge in [-0.05, 0) is 71.3 Å². The van der Waals surface area contributed by atoms with Crippen molar-refractivity contribution in [1.82, 2.24) is 10.2 Å². The highest BCUT2D eigenvalue weighted by Gasteiger charge is 2.20. The van der Waals surface area contributed by atoms with Gasteiger partial charge in [0.2, 0.25) is 0 Å². The summed E-state index contributed by atoms with van der Waals surface area (Å²) in [4.78, 5) is 15.1. The van der Waals surface area contributed by atoms with Crippen LogP contribution >= 0.6 is 0 Å². The van der Waals surface area contributed by atoms with Gasteiger partial charge < -0.3 is 10.6 Å². The molecule has 0 bridgehead atoms. The molecule has 36 heavy (non-hydrogen) atoms. The molecule has 4 aromatic rings. The molecule has 0 saturated carbocycles. The van der Waals surface area contributed by atoms with Gasteiger partial charge in [0.05, 0.1) is 16.7 Å². The second-order valence-electron chi connectivity index (χ2n) is 9.45. The minimum atomic E-state index is -3.51. The van der Waals surface area contributed by atoms with Crippen LogP contribution in [0.3, 0.4) is 0 Å². The first-order valence-corrected chi connectivity index (χ1v) is 13.6. The number of hydrogen-bond donors (Lipinski definition) is 2. The van der Waals surface area contributed by atoms with Crippen molar-refractivity contribution in [3.63, 3.8) is 0 Å². The molecular weight excluding hydrogens is 470 g/mol. The number of hydrogen-bond acceptors (Lipinski definition) is 4. The fraction of sp³-hybridized carbons (Fsp3) is 0.207. The molecule has 4 aromatic carbocycles. The molecule has 0 radical (unpaired) electrons. The van der Waals surface area contributed by atoms with E-state index >= 15 is 0 Å². The molecule has 1 heterocycles. The van der Waals surface area contributed by atoms with Crippen LogP contribution in [-0.2, 0) is 28.7 Å². The Bertz CT molecular complexity index is 1530. The third-order valence-corrected chi connectivity index (χ3v) is 8.32. The standard InChI is InChI=1S/C29H29N3O3S/c1-20(27-9-5-7-22-6-3-4-8-28(22)27)30-29(33)31-25-12-14-26(15-13-25)36(34,35)19-21-10-11-23-17-32(2)18-24(23)16-21/h3-16,20H,17-19H2,1-2H3,(H2,30,31,33). The molecule has 0 saturated heterocycles. The van der Waals surface area contributed by atoms with Crippen molar-refractivity contribution >= 4 is 32.3 Å². The van der Waals surface area contributed by atoms with Gasteiger partial charge in [0.15, 0.2) is 9.84 Å². The summed E-state index contributed by atoms with van der Waals surface area (Å²) in [5.41, 5.74) is 4.78.